The Hall–Kier alpha value is -0.0300. The average Bonchev–Trinajstić information content (AvgIpc) is 3.01. The van der Waals surface area contributed by atoms with Crippen LogP contribution in [0.5, 0.6) is 0 Å². The first-order valence-corrected chi connectivity index (χ1v) is 7.37. The number of halogens is 2. The molecule has 0 bridgehead atoms. The SMILES string of the molecule is CC.O=C1CC[C@H](CCl)O1.OC1CC[C@H](CCl)O1.[HH]. The molecule has 3 atom stereocenters. The van der Waals surface area contributed by atoms with Crippen LogP contribution in [-0.4, -0.2) is 41.3 Å². The molecule has 2 heterocycles. The topological polar surface area (TPSA) is 55.8 Å². The van der Waals surface area contributed by atoms with Gasteiger partial charge in [-0.05, 0) is 12.8 Å². The molecule has 2 saturated heterocycles. The van der Waals surface area contributed by atoms with E-state index in [-0.39, 0.29) is 19.6 Å². The molecule has 6 heteroatoms. The molecule has 0 aliphatic carbocycles. The Morgan fingerprint density at radius 1 is 1.22 bits per heavy atom. The van der Waals surface area contributed by atoms with Crippen molar-refractivity contribution in [3.8, 4) is 0 Å². The smallest absolute Gasteiger partial charge is 0.306 e. The maximum absolute atomic E-state index is 10.3. The molecule has 0 saturated carbocycles. The summed E-state index contributed by atoms with van der Waals surface area (Å²) in [6.45, 7) is 4.00. The number of alkyl halides is 2. The molecule has 0 radical (unpaired) electrons. The summed E-state index contributed by atoms with van der Waals surface area (Å²) in [4.78, 5) is 10.3. The molecule has 2 rings (SSSR count). The van der Waals surface area contributed by atoms with Crippen LogP contribution in [0.25, 0.3) is 0 Å². The van der Waals surface area contributed by atoms with Crippen molar-refractivity contribution in [2.45, 2.75) is 58.0 Å². The van der Waals surface area contributed by atoms with E-state index in [4.69, 9.17) is 37.8 Å². The van der Waals surface area contributed by atoms with Gasteiger partial charge in [-0.3, -0.25) is 4.79 Å². The van der Waals surface area contributed by atoms with E-state index in [1.54, 1.807) is 0 Å². The third-order valence-electron chi connectivity index (χ3n) is 2.40. The van der Waals surface area contributed by atoms with Crippen molar-refractivity contribution < 1.29 is 20.8 Å². The van der Waals surface area contributed by atoms with Crippen molar-refractivity contribution in [3.63, 3.8) is 0 Å². The lowest BCUT2D eigenvalue weighted by Crippen LogP contribution is -2.10. The number of esters is 1. The Morgan fingerprint density at radius 2 is 1.83 bits per heavy atom. The minimum absolute atomic E-state index is 0. The third-order valence-corrected chi connectivity index (χ3v) is 3.09. The fourth-order valence-electron chi connectivity index (χ4n) is 1.49. The number of hydrogen-bond donors (Lipinski definition) is 1. The molecular formula is C12H24Cl2O4. The lowest BCUT2D eigenvalue weighted by Gasteiger charge is -2.03. The number of cyclic esters (lactones) is 1. The standard InChI is InChI=1S/C5H9ClO2.C5H7ClO2.C2H6.H2/c2*6-3-4-1-2-5(7)8-4;1-2;/h4-5,7H,1-3H2;4H,1-3H2;1-2H3;1H/t4-,5?;4-;;/m11../s1. The van der Waals surface area contributed by atoms with Crippen LogP contribution in [0.2, 0.25) is 0 Å². The van der Waals surface area contributed by atoms with Gasteiger partial charge >= 0.3 is 5.97 Å². The zero-order valence-electron chi connectivity index (χ0n) is 10.9. The van der Waals surface area contributed by atoms with Crippen molar-refractivity contribution >= 4 is 29.2 Å². The van der Waals surface area contributed by atoms with Crippen molar-refractivity contribution in [1.29, 1.82) is 0 Å². The van der Waals surface area contributed by atoms with Crippen LogP contribution in [0.4, 0.5) is 0 Å². The molecule has 0 aromatic rings. The molecule has 0 spiro atoms. The number of carbonyl (C=O) groups is 1. The van der Waals surface area contributed by atoms with Gasteiger partial charge < -0.3 is 14.6 Å². The number of carbonyl (C=O) groups excluding carboxylic acids is 1. The van der Waals surface area contributed by atoms with Gasteiger partial charge in [0.15, 0.2) is 6.29 Å². The first-order chi connectivity index (χ1) is 8.65. The second-order valence-electron chi connectivity index (χ2n) is 3.75. The highest BCUT2D eigenvalue weighted by molar-refractivity contribution is 6.18. The largest absolute Gasteiger partial charge is 0.461 e. The quantitative estimate of drug-likeness (QED) is 0.629. The van der Waals surface area contributed by atoms with E-state index in [1.165, 1.54) is 0 Å². The van der Waals surface area contributed by atoms with Crippen LogP contribution in [0.1, 0.15) is 41.0 Å². The number of aliphatic hydroxyl groups is 1. The van der Waals surface area contributed by atoms with Gasteiger partial charge in [-0.25, -0.2) is 0 Å². The maximum Gasteiger partial charge on any atom is 0.306 e. The Kier molecular flexibility index (Phi) is 10.8. The van der Waals surface area contributed by atoms with E-state index in [0.717, 1.165) is 19.3 Å². The average molecular weight is 303 g/mol. The number of hydrogen-bond acceptors (Lipinski definition) is 4. The summed E-state index contributed by atoms with van der Waals surface area (Å²) < 4.78 is 9.67. The monoisotopic (exact) mass is 302 g/mol. The minimum atomic E-state index is -0.557. The molecule has 2 fully saturated rings. The molecular weight excluding hydrogens is 279 g/mol. The van der Waals surface area contributed by atoms with Crippen molar-refractivity contribution in [2.75, 3.05) is 11.8 Å². The maximum atomic E-state index is 10.3. The highest BCUT2D eigenvalue weighted by atomic mass is 35.5. The van der Waals surface area contributed by atoms with Gasteiger partial charge in [0.1, 0.15) is 6.10 Å². The highest BCUT2D eigenvalue weighted by Gasteiger charge is 2.22. The van der Waals surface area contributed by atoms with Gasteiger partial charge in [0.2, 0.25) is 0 Å². The molecule has 2 aliphatic rings. The van der Waals surface area contributed by atoms with Gasteiger partial charge in [0.05, 0.1) is 12.0 Å². The first kappa shape index (κ1) is 18.0. The normalized spacial score (nSPS) is 29.8. The van der Waals surface area contributed by atoms with Gasteiger partial charge in [0, 0.05) is 20.1 Å². The fraction of sp³-hybridized carbons (Fsp3) is 0.917. The summed E-state index contributed by atoms with van der Waals surface area (Å²) in [7, 11) is 0. The van der Waals surface area contributed by atoms with Gasteiger partial charge in [-0.2, -0.15) is 0 Å². The van der Waals surface area contributed by atoms with E-state index < -0.39 is 6.29 Å². The summed E-state index contributed by atoms with van der Waals surface area (Å²) in [5.41, 5.74) is 0. The van der Waals surface area contributed by atoms with Gasteiger partial charge in [-0.15, -0.1) is 23.2 Å². The highest BCUT2D eigenvalue weighted by Crippen LogP contribution is 2.17. The van der Waals surface area contributed by atoms with Gasteiger partial charge in [0.25, 0.3) is 0 Å². The molecule has 110 valence electrons. The third kappa shape index (κ3) is 7.41. The van der Waals surface area contributed by atoms with E-state index in [0.29, 0.717) is 18.2 Å². The minimum Gasteiger partial charge on any atom is -0.461 e. The number of aliphatic hydroxyl groups excluding tert-OH is 1. The summed E-state index contributed by atoms with van der Waals surface area (Å²) >= 11 is 10.8. The summed E-state index contributed by atoms with van der Waals surface area (Å²) in [6, 6.07) is 0. The van der Waals surface area contributed by atoms with Crippen molar-refractivity contribution in [1.82, 2.24) is 0 Å². The molecule has 2 aliphatic heterocycles. The zero-order valence-corrected chi connectivity index (χ0v) is 12.4. The van der Waals surface area contributed by atoms with E-state index >= 15 is 0 Å². The predicted octanol–water partition coefficient (Wildman–Crippen LogP) is 2.93. The van der Waals surface area contributed by atoms with Crippen molar-refractivity contribution in [3.05, 3.63) is 0 Å². The molecule has 1 unspecified atom stereocenters. The Bertz CT molecular complexity index is 232. The van der Waals surface area contributed by atoms with Crippen LogP contribution in [-0.2, 0) is 14.3 Å². The van der Waals surface area contributed by atoms with Crippen LogP contribution < -0.4 is 0 Å². The lowest BCUT2D eigenvalue weighted by molar-refractivity contribution is -0.140. The second-order valence-corrected chi connectivity index (χ2v) is 4.37. The molecule has 1 N–H and O–H groups in total. The molecule has 4 nitrogen and oxygen atoms in total. The summed E-state index contributed by atoms with van der Waals surface area (Å²) in [5, 5.41) is 8.75. The predicted molar refractivity (Wildman–Crippen MR) is 74.1 cm³/mol. The Labute approximate surface area is 120 Å². The van der Waals surface area contributed by atoms with Crippen molar-refractivity contribution in [2.24, 2.45) is 0 Å². The Morgan fingerprint density at radius 3 is 2.06 bits per heavy atom. The molecule has 0 amide bonds. The lowest BCUT2D eigenvalue weighted by atomic mass is 10.3. The Balaban J connectivity index is 0. The molecule has 18 heavy (non-hydrogen) atoms. The van der Waals surface area contributed by atoms with E-state index in [2.05, 4.69) is 0 Å². The van der Waals surface area contributed by atoms with Gasteiger partial charge in [-0.1, -0.05) is 13.8 Å². The number of rotatable bonds is 2. The van der Waals surface area contributed by atoms with Crippen LogP contribution in [0.15, 0.2) is 0 Å². The second kappa shape index (κ2) is 10.9. The van der Waals surface area contributed by atoms with Crippen LogP contribution in [0.3, 0.4) is 0 Å². The van der Waals surface area contributed by atoms with E-state index in [9.17, 15) is 4.79 Å². The fourth-order valence-corrected chi connectivity index (χ4v) is 1.94. The molecule has 0 aromatic carbocycles. The van der Waals surface area contributed by atoms with Crippen LogP contribution >= 0.6 is 23.2 Å². The van der Waals surface area contributed by atoms with E-state index in [1.807, 2.05) is 13.8 Å². The number of ether oxygens (including phenoxy) is 2. The van der Waals surface area contributed by atoms with Crippen LogP contribution in [0, 0.1) is 0 Å². The summed E-state index contributed by atoms with van der Waals surface area (Å²) in [6.07, 6.45) is 2.48. The molecule has 0 aromatic heterocycles. The first-order valence-electron chi connectivity index (χ1n) is 6.30. The zero-order chi connectivity index (χ0) is 14.0. The summed E-state index contributed by atoms with van der Waals surface area (Å²) in [5.74, 6) is 0.818.